The highest BCUT2D eigenvalue weighted by molar-refractivity contribution is 6.33. The Balaban J connectivity index is 1.42. The number of hydrogen-bond donors (Lipinski definition) is 0. The monoisotopic (exact) mass is 352 g/mol. The van der Waals surface area contributed by atoms with Gasteiger partial charge in [-0.2, -0.15) is 5.26 Å². The SMILES string of the molecule is N#Cc1cc(N2CCN(Cc3cn4ccccc4n3)CC2)c(Cl)cn1. The molecule has 0 bridgehead atoms. The molecule has 6 nitrogen and oxygen atoms in total. The van der Waals surface area contributed by atoms with Crippen LogP contribution in [0, 0.1) is 11.3 Å². The van der Waals surface area contributed by atoms with Gasteiger partial charge in [-0.3, -0.25) is 4.90 Å². The van der Waals surface area contributed by atoms with Crippen LogP contribution < -0.4 is 4.90 Å². The van der Waals surface area contributed by atoms with Crippen LogP contribution >= 0.6 is 11.6 Å². The van der Waals surface area contributed by atoms with Gasteiger partial charge in [-0.15, -0.1) is 0 Å². The first-order valence-corrected chi connectivity index (χ1v) is 8.56. The lowest BCUT2D eigenvalue weighted by atomic mass is 10.2. The van der Waals surface area contributed by atoms with Gasteiger partial charge in [-0.05, 0) is 18.2 Å². The number of nitriles is 1. The van der Waals surface area contributed by atoms with Gasteiger partial charge in [0.1, 0.15) is 17.4 Å². The van der Waals surface area contributed by atoms with E-state index < -0.39 is 0 Å². The van der Waals surface area contributed by atoms with Crippen LogP contribution in [0.4, 0.5) is 5.69 Å². The standard InChI is InChI=1S/C18H17ClN6/c19-16-11-21-14(10-20)9-17(16)24-7-5-23(6-8-24)12-15-13-25-4-2-1-3-18(25)22-15/h1-4,9,11,13H,5-8,12H2. The van der Waals surface area contributed by atoms with E-state index >= 15 is 0 Å². The van der Waals surface area contributed by atoms with Gasteiger partial charge in [-0.25, -0.2) is 9.97 Å². The third-order valence-corrected chi connectivity index (χ3v) is 4.75. The third-order valence-electron chi connectivity index (χ3n) is 4.46. The molecule has 1 fully saturated rings. The van der Waals surface area contributed by atoms with Gasteiger partial charge >= 0.3 is 0 Å². The number of aromatic nitrogens is 3. The molecule has 1 aliphatic heterocycles. The highest BCUT2D eigenvalue weighted by Gasteiger charge is 2.20. The molecule has 0 amide bonds. The maximum absolute atomic E-state index is 9.03. The van der Waals surface area contributed by atoms with Gasteiger partial charge in [0, 0.05) is 51.3 Å². The molecular formula is C18H17ClN6. The first-order valence-electron chi connectivity index (χ1n) is 8.18. The van der Waals surface area contributed by atoms with E-state index in [2.05, 4.69) is 32.0 Å². The van der Waals surface area contributed by atoms with Crippen LogP contribution in [0.25, 0.3) is 5.65 Å². The predicted molar refractivity (Wildman–Crippen MR) is 96.6 cm³/mol. The van der Waals surface area contributed by atoms with Crippen LogP contribution in [0.1, 0.15) is 11.4 Å². The van der Waals surface area contributed by atoms with Crippen molar-refractivity contribution in [1.29, 1.82) is 5.26 Å². The van der Waals surface area contributed by atoms with Crippen molar-refractivity contribution < 1.29 is 0 Å². The van der Waals surface area contributed by atoms with E-state index in [1.165, 1.54) is 0 Å². The zero-order valence-corrected chi connectivity index (χ0v) is 14.4. The number of piperazine rings is 1. The molecule has 1 saturated heterocycles. The Bertz CT molecular complexity index is 903. The normalized spacial score (nSPS) is 15.4. The van der Waals surface area contributed by atoms with Gasteiger partial charge in [0.25, 0.3) is 0 Å². The lowest BCUT2D eigenvalue weighted by molar-refractivity contribution is 0.247. The molecular weight excluding hydrogens is 336 g/mol. The largest absolute Gasteiger partial charge is 0.368 e. The third kappa shape index (κ3) is 3.29. The van der Waals surface area contributed by atoms with Gasteiger partial charge in [0.15, 0.2) is 0 Å². The molecule has 4 heterocycles. The number of hydrogen-bond acceptors (Lipinski definition) is 5. The van der Waals surface area contributed by atoms with Crippen molar-refractivity contribution in [2.75, 3.05) is 31.1 Å². The second-order valence-electron chi connectivity index (χ2n) is 6.09. The Morgan fingerprint density at radius 1 is 1.20 bits per heavy atom. The zero-order chi connectivity index (χ0) is 17.2. The van der Waals surface area contributed by atoms with E-state index in [0.29, 0.717) is 10.7 Å². The van der Waals surface area contributed by atoms with Crippen LogP contribution in [-0.2, 0) is 6.54 Å². The Hall–Kier alpha value is -2.62. The summed E-state index contributed by atoms with van der Waals surface area (Å²) in [6.07, 6.45) is 5.65. The van der Waals surface area contributed by atoms with E-state index in [0.717, 1.165) is 49.8 Å². The molecule has 0 spiro atoms. The maximum atomic E-state index is 9.03. The highest BCUT2D eigenvalue weighted by atomic mass is 35.5. The Morgan fingerprint density at radius 2 is 2.04 bits per heavy atom. The number of fused-ring (bicyclic) bond motifs is 1. The molecule has 0 unspecified atom stereocenters. The Kier molecular flexibility index (Phi) is 4.26. The minimum Gasteiger partial charge on any atom is -0.368 e. The number of pyridine rings is 2. The van der Waals surface area contributed by atoms with Gasteiger partial charge < -0.3 is 9.30 Å². The molecule has 126 valence electrons. The van der Waals surface area contributed by atoms with Crippen molar-refractivity contribution in [2.45, 2.75) is 6.54 Å². The molecule has 25 heavy (non-hydrogen) atoms. The van der Waals surface area contributed by atoms with Gasteiger partial charge in [0.05, 0.1) is 16.4 Å². The van der Waals surface area contributed by atoms with Crippen LogP contribution in [0.15, 0.2) is 42.9 Å². The number of anilines is 1. The number of rotatable bonds is 3. The first-order chi connectivity index (χ1) is 12.2. The van der Waals surface area contributed by atoms with E-state index in [4.69, 9.17) is 16.9 Å². The molecule has 0 aromatic carbocycles. The van der Waals surface area contributed by atoms with E-state index in [9.17, 15) is 0 Å². The minimum absolute atomic E-state index is 0.395. The average molecular weight is 353 g/mol. The Labute approximate surface area is 150 Å². The molecule has 7 heteroatoms. The van der Waals surface area contributed by atoms with Crippen LogP contribution in [0.5, 0.6) is 0 Å². The second kappa shape index (κ2) is 6.71. The molecule has 0 radical (unpaired) electrons. The molecule has 3 aromatic rings. The summed E-state index contributed by atoms with van der Waals surface area (Å²) < 4.78 is 2.05. The molecule has 3 aromatic heterocycles. The summed E-state index contributed by atoms with van der Waals surface area (Å²) in [5, 5.41) is 9.62. The summed E-state index contributed by atoms with van der Waals surface area (Å²) >= 11 is 6.26. The fourth-order valence-electron chi connectivity index (χ4n) is 3.17. The Morgan fingerprint density at radius 3 is 2.80 bits per heavy atom. The summed E-state index contributed by atoms with van der Waals surface area (Å²) in [5.41, 5.74) is 3.34. The zero-order valence-electron chi connectivity index (χ0n) is 13.6. The highest BCUT2D eigenvalue weighted by Crippen LogP contribution is 2.26. The fourth-order valence-corrected chi connectivity index (χ4v) is 3.39. The van der Waals surface area contributed by atoms with Crippen LogP contribution in [-0.4, -0.2) is 45.4 Å². The minimum atomic E-state index is 0.395. The summed E-state index contributed by atoms with van der Waals surface area (Å²) in [6, 6.07) is 9.85. The second-order valence-corrected chi connectivity index (χ2v) is 6.50. The van der Waals surface area contributed by atoms with Crippen molar-refractivity contribution in [3.63, 3.8) is 0 Å². The van der Waals surface area contributed by atoms with Crippen LogP contribution in [0.2, 0.25) is 5.02 Å². The molecule has 0 N–H and O–H groups in total. The average Bonchev–Trinajstić information content (AvgIpc) is 3.05. The van der Waals surface area contributed by atoms with Gasteiger partial charge in [-0.1, -0.05) is 17.7 Å². The topological polar surface area (TPSA) is 60.5 Å². The first kappa shape index (κ1) is 15.9. The number of nitrogens with zero attached hydrogens (tertiary/aromatic N) is 6. The lowest BCUT2D eigenvalue weighted by Crippen LogP contribution is -2.46. The molecule has 0 atom stereocenters. The summed E-state index contributed by atoms with van der Waals surface area (Å²) in [7, 11) is 0. The van der Waals surface area contributed by atoms with Crippen molar-refractivity contribution in [3.8, 4) is 6.07 Å². The van der Waals surface area contributed by atoms with Crippen molar-refractivity contribution in [3.05, 3.63) is 59.3 Å². The number of imidazole rings is 1. The summed E-state index contributed by atoms with van der Waals surface area (Å²) in [6.45, 7) is 4.41. The molecule has 0 saturated carbocycles. The van der Waals surface area contributed by atoms with E-state index in [1.54, 1.807) is 12.3 Å². The van der Waals surface area contributed by atoms with E-state index in [-0.39, 0.29) is 0 Å². The maximum Gasteiger partial charge on any atom is 0.142 e. The molecule has 1 aliphatic rings. The smallest absolute Gasteiger partial charge is 0.142 e. The van der Waals surface area contributed by atoms with Crippen molar-refractivity contribution in [2.24, 2.45) is 0 Å². The van der Waals surface area contributed by atoms with Crippen molar-refractivity contribution in [1.82, 2.24) is 19.3 Å². The van der Waals surface area contributed by atoms with Crippen LogP contribution in [0.3, 0.4) is 0 Å². The molecule has 4 rings (SSSR count). The van der Waals surface area contributed by atoms with E-state index in [1.807, 2.05) is 28.8 Å². The molecule has 0 aliphatic carbocycles. The summed E-state index contributed by atoms with van der Waals surface area (Å²) in [5.74, 6) is 0. The van der Waals surface area contributed by atoms with Gasteiger partial charge in [0.2, 0.25) is 0 Å². The number of halogens is 1. The summed E-state index contributed by atoms with van der Waals surface area (Å²) in [4.78, 5) is 13.3. The lowest BCUT2D eigenvalue weighted by Gasteiger charge is -2.36. The predicted octanol–water partition coefficient (Wildman–Crippen LogP) is 2.58. The quantitative estimate of drug-likeness (QED) is 0.725. The fraction of sp³-hybridized carbons (Fsp3) is 0.278. The van der Waals surface area contributed by atoms with Crippen molar-refractivity contribution >= 4 is 22.9 Å².